The number of nitrogens with zero attached hydrogens (tertiary/aromatic N) is 2. The van der Waals surface area contributed by atoms with Crippen LogP contribution in [0.4, 0.5) is 0 Å². The first-order chi connectivity index (χ1) is 5.27. The highest BCUT2D eigenvalue weighted by molar-refractivity contribution is 4.86. The van der Waals surface area contributed by atoms with E-state index in [9.17, 15) is 0 Å². The molecule has 1 N–H and O–H groups in total. The third kappa shape index (κ3) is 1.77. The molecule has 4 nitrogen and oxygen atoms in total. The van der Waals surface area contributed by atoms with E-state index in [1.54, 1.807) is 0 Å². The van der Waals surface area contributed by atoms with Gasteiger partial charge in [0.25, 0.3) is 0 Å². The Morgan fingerprint density at radius 1 is 1.55 bits per heavy atom. The Morgan fingerprint density at radius 2 is 2.27 bits per heavy atom. The topological polar surface area (TPSA) is 51.0 Å². The molecule has 1 rings (SSSR count). The van der Waals surface area contributed by atoms with Gasteiger partial charge >= 0.3 is 0 Å². The van der Waals surface area contributed by atoms with Crippen LogP contribution in [0.5, 0.6) is 0 Å². The van der Waals surface area contributed by atoms with E-state index in [2.05, 4.69) is 15.5 Å². The molecule has 0 aliphatic rings. The molecule has 0 radical (unpaired) electrons. The molecular formula is C7H13N3O. The van der Waals surface area contributed by atoms with Crippen molar-refractivity contribution >= 4 is 0 Å². The average Bonchev–Trinajstić information content (AvgIpc) is 2.50. The molecule has 0 saturated heterocycles. The van der Waals surface area contributed by atoms with Crippen LogP contribution in [-0.4, -0.2) is 17.2 Å². The summed E-state index contributed by atoms with van der Waals surface area (Å²) in [6, 6.07) is 0.141. The molecule has 0 amide bonds. The van der Waals surface area contributed by atoms with Gasteiger partial charge in [-0.25, -0.2) is 0 Å². The zero-order valence-electron chi connectivity index (χ0n) is 7.09. The van der Waals surface area contributed by atoms with Crippen molar-refractivity contribution in [3.63, 3.8) is 0 Å². The molecule has 0 aliphatic carbocycles. The molecule has 1 atom stereocenters. The van der Waals surface area contributed by atoms with Crippen molar-refractivity contribution in [2.45, 2.75) is 26.3 Å². The number of aromatic nitrogens is 2. The van der Waals surface area contributed by atoms with E-state index in [0.29, 0.717) is 11.8 Å². The van der Waals surface area contributed by atoms with Gasteiger partial charge in [-0.15, -0.1) is 10.2 Å². The fraction of sp³-hybridized carbons (Fsp3) is 0.714. The summed E-state index contributed by atoms with van der Waals surface area (Å²) in [6.07, 6.45) is 0.795. The molecule has 0 bridgehead atoms. The maximum absolute atomic E-state index is 5.30. The smallest absolute Gasteiger partial charge is 0.233 e. The second kappa shape index (κ2) is 3.48. The van der Waals surface area contributed by atoms with Gasteiger partial charge < -0.3 is 9.73 Å². The standard InChI is InChI=1S/C7H13N3O/c1-4-6-9-10-7(11-6)5(2)8-3/h5,8H,4H2,1-3H3. The van der Waals surface area contributed by atoms with Crippen LogP contribution in [0.25, 0.3) is 0 Å². The normalized spacial score (nSPS) is 13.4. The monoisotopic (exact) mass is 155 g/mol. The van der Waals surface area contributed by atoms with E-state index >= 15 is 0 Å². The molecule has 1 aromatic heterocycles. The van der Waals surface area contributed by atoms with Crippen LogP contribution in [0, 0.1) is 0 Å². The predicted octanol–water partition coefficient (Wildman–Crippen LogP) is 0.912. The third-order valence-electron chi connectivity index (χ3n) is 1.59. The van der Waals surface area contributed by atoms with Gasteiger partial charge in [-0.05, 0) is 14.0 Å². The van der Waals surface area contributed by atoms with Crippen LogP contribution in [0.2, 0.25) is 0 Å². The lowest BCUT2D eigenvalue weighted by Gasteiger charge is -2.01. The molecule has 0 fully saturated rings. The molecule has 0 saturated carbocycles. The molecule has 62 valence electrons. The molecule has 0 aliphatic heterocycles. The van der Waals surface area contributed by atoms with Crippen LogP contribution < -0.4 is 5.32 Å². The molecule has 0 aromatic carbocycles. The van der Waals surface area contributed by atoms with Crippen LogP contribution in [0.15, 0.2) is 4.42 Å². The van der Waals surface area contributed by atoms with E-state index in [0.717, 1.165) is 6.42 Å². The van der Waals surface area contributed by atoms with Gasteiger partial charge in [0.05, 0.1) is 6.04 Å². The molecule has 1 heterocycles. The first-order valence-corrected chi connectivity index (χ1v) is 3.77. The van der Waals surface area contributed by atoms with Crippen molar-refractivity contribution < 1.29 is 4.42 Å². The van der Waals surface area contributed by atoms with Crippen LogP contribution in [0.1, 0.15) is 31.7 Å². The van der Waals surface area contributed by atoms with Gasteiger partial charge in [0.2, 0.25) is 11.8 Å². The highest BCUT2D eigenvalue weighted by Crippen LogP contribution is 2.09. The van der Waals surface area contributed by atoms with Crippen molar-refractivity contribution in [1.29, 1.82) is 0 Å². The Bertz CT molecular complexity index is 221. The first-order valence-electron chi connectivity index (χ1n) is 3.77. The fourth-order valence-electron chi connectivity index (χ4n) is 0.708. The Morgan fingerprint density at radius 3 is 2.73 bits per heavy atom. The van der Waals surface area contributed by atoms with Crippen molar-refractivity contribution in [2.24, 2.45) is 0 Å². The molecule has 0 spiro atoms. The molecule has 11 heavy (non-hydrogen) atoms. The number of rotatable bonds is 3. The minimum Gasteiger partial charge on any atom is -0.424 e. The SMILES string of the molecule is CCc1nnc(C(C)NC)o1. The number of hydrogen-bond donors (Lipinski definition) is 1. The van der Waals surface area contributed by atoms with Crippen LogP contribution in [-0.2, 0) is 6.42 Å². The van der Waals surface area contributed by atoms with Crippen molar-refractivity contribution in [3.8, 4) is 0 Å². The summed E-state index contributed by atoms with van der Waals surface area (Å²) < 4.78 is 5.30. The van der Waals surface area contributed by atoms with Crippen molar-refractivity contribution in [2.75, 3.05) is 7.05 Å². The second-order valence-corrected chi connectivity index (χ2v) is 2.40. The summed E-state index contributed by atoms with van der Waals surface area (Å²) in [5.74, 6) is 1.35. The summed E-state index contributed by atoms with van der Waals surface area (Å²) in [6.45, 7) is 3.97. The molecular weight excluding hydrogens is 142 g/mol. The van der Waals surface area contributed by atoms with E-state index in [4.69, 9.17) is 4.42 Å². The summed E-state index contributed by atoms with van der Waals surface area (Å²) in [5, 5.41) is 10.7. The summed E-state index contributed by atoms with van der Waals surface area (Å²) >= 11 is 0. The van der Waals surface area contributed by atoms with E-state index in [1.807, 2.05) is 20.9 Å². The second-order valence-electron chi connectivity index (χ2n) is 2.40. The van der Waals surface area contributed by atoms with E-state index in [1.165, 1.54) is 0 Å². The molecule has 4 heteroatoms. The lowest BCUT2D eigenvalue weighted by Crippen LogP contribution is -2.12. The van der Waals surface area contributed by atoms with Gasteiger partial charge in [0.15, 0.2) is 0 Å². The van der Waals surface area contributed by atoms with Crippen molar-refractivity contribution in [3.05, 3.63) is 11.8 Å². The lowest BCUT2D eigenvalue weighted by molar-refractivity contribution is 0.408. The average molecular weight is 155 g/mol. The quantitative estimate of drug-likeness (QED) is 0.705. The Labute approximate surface area is 66.0 Å². The lowest BCUT2D eigenvalue weighted by atomic mass is 10.3. The first kappa shape index (κ1) is 8.20. The summed E-state index contributed by atoms with van der Waals surface area (Å²) in [7, 11) is 1.86. The zero-order chi connectivity index (χ0) is 8.27. The minimum atomic E-state index is 0.141. The third-order valence-corrected chi connectivity index (χ3v) is 1.59. The van der Waals surface area contributed by atoms with Crippen molar-refractivity contribution in [1.82, 2.24) is 15.5 Å². The van der Waals surface area contributed by atoms with Gasteiger partial charge in [-0.1, -0.05) is 6.92 Å². The predicted molar refractivity (Wildman–Crippen MR) is 41.2 cm³/mol. The highest BCUT2D eigenvalue weighted by Gasteiger charge is 2.09. The number of hydrogen-bond acceptors (Lipinski definition) is 4. The van der Waals surface area contributed by atoms with Gasteiger partial charge in [0.1, 0.15) is 0 Å². The van der Waals surface area contributed by atoms with Crippen LogP contribution in [0.3, 0.4) is 0 Å². The minimum absolute atomic E-state index is 0.141. The maximum Gasteiger partial charge on any atom is 0.233 e. The largest absolute Gasteiger partial charge is 0.424 e. The molecule has 1 unspecified atom stereocenters. The maximum atomic E-state index is 5.30. The Hall–Kier alpha value is -0.900. The highest BCUT2D eigenvalue weighted by atomic mass is 16.4. The van der Waals surface area contributed by atoms with Gasteiger partial charge in [-0.2, -0.15) is 0 Å². The van der Waals surface area contributed by atoms with E-state index in [-0.39, 0.29) is 6.04 Å². The summed E-state index contributed by atoms with van der Waals surface area (Å²) in [5.41, 5.74) is 0. The number of nitrogens with one attached hydrogen (secondary N) is 1. The van der Waals surface area contributed by atoms with Gasteiger partial charge in [0, 0.05) is 6.42 Å². The van der Waals surface area contributed by atoms with Crippen LogP contribution >= 0.6 is 0 Å². The Balaban J connectivity index is 2.71. The van der Waals surface area contributed by atoms with E-state index < -0.39 is 0 Å². The summed E-state index contributed by atoms with van der Waals surface area (Å²) in [4.78, 5) is 0. The zero-order valence-corrected chi connectivity index (χ0v) is 7.09. The number of aryl methyl sites for hydroxylation is 1. The fourth-order valence-corrected chi connectivity index (χ4v) is 0.708. The Kier molecular flexibility index (Phi) is 2.59. The van der Waals surface area contributed by atoms with Gasteiger partial charge in [-0.3, -0.25) is 0 Å². The molecule has 1 aromatic rings.